The lowest BCUT2D eigenvalue weighted by Crippen LogP contribution is -2.50. The van der Waals surface area contributed by atoms with Gasteiger partial charge in [0.1, 0.15) is 5.60 Å². The van der Waals surface area contributed by atoms with Crippen LogP contribution in [0.4, 0.5) is 21.0 Å². The highest BCUT2D eigenvalue weighted by molar-refractivity contribution is 5.89. The van der Waals surface area contributed by atoms with Crippen LogP contribution in [0.5, 0.6) is 0 Å². The summed E-state index contributed by atoms with van der Waals surface area (Å²) in [5, 5.41) is 5.69. The topological polar surface area (TPSA) is 73.9 Å². The fourth-order valence-electron chi connectivity index (χ4n) is 3.26. The highest BCUT2D eigenvalue weighted by atomic mass is 16.6. The average Bonchev–Trinajstić information content (AvgIpc) is 2.72. The minimum Gasteiger partial charge on any atom is -0.444 e. The molecule has 160 valence electrons. The Morgan fingerprint density at radius 3 is 2.33 bits per heavy atom. The summed E-state index contributed by atoms with van der Waals surface area (Å²) in [6.07, 6.45) is -0.465. The summed E-state index contributed by atoms with van der Waals surface area (Å²) in [5.41, 5.74) is 2.23. The van der Waals surface area contributed by atoms with Crippen LogP contribution >= 0.6 is 0 Å². The van der Waals surface area contributed by atoms with Gasteiger partial charge in [0.2, 0.25) is 0 Å². The summed E-state index contributed by atoms with van der Waals surface area (Å²) in [7, 11) is 0. The lowest BCUT2D eigenvalue weighted by atomic mass is 10.2. The second-order valence-corrected chi connectivity index (χ2v) is 8.30. The van der Waals surface area contributed by atoms with E-state index >= 15 is 0 Å². The van der Waals surface area contributed by atoms with Crippen LogP contribution < -0.4 is 15.5 Å². The van der Waals surface area contributed by atoms with E-state index in [-0.39, 0.29) is 6.03 Å². The lowest BCUT2D eigenvalue weighted by molar-refractivity contribution is 0.0523. The van der Waals surface area contributed by atoms with Crippen molar-refractivity contribution in [3.63, 3.8) is 0 Å². The van der Waals surface area contributed by atoms with Crippen LogP contribution in [0.3, 0.4) is 0 Å². The Bertz CT molecular complexity index is 856. The molecule has 30 heavy (non-hydrogen) atoms. The van der Waals surface area contributed by atoms with Crippen LogP contribution in [-0.4, -0.2) is 48.8 Å². The number of urea groups is 1. The van der Waals surface area contributed by atoms with E-state index in [1.54, 1.807) is 0 Å². The molecule has 2 N–H and O–H groups in total. The second kappa shape index (κ2) is 9.52. The van der Waals surface area contributed by atoms with Crippen LogP contribution in [0.25, 0.3) is 0 Å². The summed E-state index contributed by atoms with van der Waals surface area (Å²) in [4.78, 5) is 28.6. The molecule has 1 saturated heterocycles. The second-order valence-electron chi connectivity index (χ2n) is 8.30. The van der Waals surface area contributed by atoms with Crippen molar-refractivity contribution in [3.05, 3.63) is 60.2 Å². The molecule has 0 bridgehead atoms. The van der Waals surface area contributed by atoms with E-state index in [9.17, 15) is 9.59 Å². The number of nitrogens with one attached hydrogen (secondary N) is 2. The number of para-hydroxylation sites is 1. The smallest absolute Gasteiger partial charge is 0.407 e. The van der Waals surface area contributed by atoms with Gasteiger partial charge in [-0.1, -0.05) is 30.3 Å². The van der Waals surface area contributed by atoms with Gasteiger partial charge < -0.3 is 25.2 Å². The fraction of sp³-hybridized carbons (Fsp3) is 0.391. The Morgan fingerprint density at radius 1 is 0.967 bits per heavy atom. The van der Waals surface area contributed by atoms with E-state index < -0.39 is 11.7 Å². The summed E-state index contributed by atoms with van der Waals surface area (Å²) >= 11 is 0. The van der Waals surface area contributed by atoms with Gasteiger partial charge in [0.25, 0.3) is 0 Å². The first-order valence-corrected chi connectivity index (χ1v) is 10.2. The quantitative estimate of drug-likeness (QED) is 0.797. The van der Waals surface area contributed by atoms with Gasteiger partial charge in [-0.2, -0.15) is 0 Å². The number of amides is 3. The summed E-state index contributed by atoms with van der Waals surface area (Å²) < 4.78 is 5.24. The third-order valence-electron chi connectivity index (χ3n) is 4.70. The Morgan fingerprint density at radius 2 is 1.67 bits per heavy atom. The number of ether oxygens (including phenoxy) is 1. The van der Waals surface area contributed by atoms with Gasteiger partial charge in [-0.05, 0) is 50.6 Å². The third-order valence-corrected chi connectivity index (χ3v) is 4.70. The predicted molar refractivity (Wildman–Crippen MR) is 119 cm³/mol. The summed E-state index contributed by atoms with van der Waals surface area (Å²) in [6, 6.07) is 17.6. The molecule has 7 nitrogen and oxygen atoms in total. The van der Waals surface area contributed by atoms with Gasteiger partial charge in [0, 0.05) is 44.1 Å². The van der Waals surface area contributed by atoms with Crippen molar-refractivity contribution < 1.29 is 14.3 Å². The molecule has 1 fully saturated rings. The molecule has 2 aromatic rings. The minimum absolute atomic E-state index is 0.111. The number of hydrogen-bond acceptors (Lipinski definition) is 4. The number of rotatable bonds is 4. The number of carbonyl (C=O) groups excluding carboxylic acids is 2. The van der Waals surface area contributed by atoms with Crippen molar-refractivity contribution in [2.24, 2.45) is 0 Å². The largest absolute Gasteiger partial charge is 0.444 e. The minimum atomic E-state index is -0.537. The van der Waals surface area contributed by atoms with Crippen molar-refractivity contribution in [1.82, 2.24) is 10.2 Å². The Balaban J connectivity index is 1.49. The standard InChI is InChI=1S/C23H30N4O3/c1-23(2,3)30-22(29)24-17-18-8-7-9-19(16-18)25-21(28)27-14-12-26(13-15-27)20-10-5-4-6-11-20/h4-11,16H,12-15,17H2,1-3H3,(H,24,29)(H,25,28). The van der Waals surface area contributed by atoms with Crippen LogP contribution in [0.15, 0.2) is 54.6 Å². The normalized spacial score (nSPS) is 14.2. The molecule has 2 aromatic carbocycles. The van der Waals surface area contributed by atoms with Crippen molar-refractivity contribution in [1.29, 1.82) is 0 Å². The zero-order chi connectivity index (χ0) is 21.6. The highest BCUT2D eigenvalue weighted by Crippen LogP contribution is 2.17. The lowest BCUT2D eigenvalue weighted by Gasteiger charge is -2.36. The first-order valence-electron chi connectivity index (χ1n) is 10.2. The number of nitrogens with zero attached hydrogens (tertiary/aromatic N) is 2. The van der Waals surface area contributed by atoms with E-state index in [1.165, 1.54) is 5.69 Å². The van der Waals surface area contributed by atoms with Gasteiger partial charge >= 0.3 is 12.1 Å². The first kappa shape index (κ1) is 21.5. The number of benzene rings is 2. The number of anilines is 2. The van der Waals surface area contributed by atoms with Crippen LogP contribution in [0.2, 0.25) is 0 Å². The van der Waals surface area contributed by atoms with Crippen LogP contribution in [0, 0.1) is 0 Å². The molecule has 1 heterocycles. The molecule has 0 spiro atoms. The van der Waals surface area contributed by atoms with E-state index in [4.69, 9.17) is 4.74 Å². The Kier molecular flexibility index (Phi) is 6.82. The maximum absolute atomic E-state index is 12.7. The molecule has 3 amide bonds. The number of alkyl carbamates (subject to hydrolysis) is 1. The monoisotopic (exact) mass is 410 g/mol. The molecule has 1 aliphatic heterocycles. The van der Waals surface area contributed by atoms with Gasteiger partial charge in [-0.15, -0.1) is 0 Å². The number of piperazine rings is 1. The van der Waals surface area contributed by atoms with Crippen LogP contribution in [-0.2, 0) is 11.3 Å². The molecule has 0 unspecified atom stereocenters. The molecular weight excluding hydrogens is 380 g/mol. The third kappa shape index (κ3) is 6.40. The van der Waals surface area contributed by atoms with Crippen molar-refractivity contribution in [3.8, 4) is 0 Å². The average molecular weight is 411 g/mol. The summed E-state index contributed by atoms with van der Waals surface area (Å²) in [6.45, 7) is 8.73. The molecule has 0 aromatic heterocycles. The van der Waals surface area contributed by atoms with Crippen molar-refractivity contribution >= 4 is 23.5 Å². The molecule has 0 atom stereocenters. The maximum atomic E-state index is 12.7. The Labute approximate surface area is 178 Å². The van der Waals surface area contributed by atoms with Crippen molar-refractivity contribution in [2.45, 2.75) is 32.9 Å². The fourth-order valence-corrected chi connectivity index (χ4v) is 3.26. The molecule has 1 aliphatic rings. The number of carbonyl (C=O) groups is 2. The van der Waals surface area contributed by atoms with Gasteiger partial charge in [0.15, 0.2) is 0 Å². The zero-order valence-corrected chi connectivity index (χ0v) is 17.9. The highest BCUT2D eigenvalue weighted by Gasteiger charge is 2.21. The molecule has 7 heteroatoms. The van der Waals surface area contributed by atoms with Gasteiger partial charge in [0.05, 0.1) is 0 Å². The SMILES string of the molecule is CC(C)(C)OC(=O)NCc1cccc(NC(=O)N2CCN(c3ccccc3)CC2)c1. The first-order chi connectivity index (χ1) is 14.3. The van der Waals surface area contributed by atoms with Crippen LogP contribution in [0.1, 0.15) is 26.3 Å². The molecular formula is C23H30N4O3. The van der Waals surface area contributed by atoms with E-state index in [0.717, 1.165) is 18.7 Å². The molecule has 0 radical (unpaired) electrons. The van der Waals surface area contributed by atoms with E-state index in [1.807, 2.05) is 68.1 Å². The number of hydrogen-bond donors (Lipinski definition) is 2. The maximum Gasteiger partial charge on any atom is 0.407 e. The van der Waals surface area contributed by atoms with E-state index in [0.29, 0.717) is 25.3 Å². The van der Waals surface area contributed by atoms with Crippen molar-refractivity contribution in [2.75, 3.05) is 36.4 Å². The molecule has 0 aliphatic carbocycles. The predicted octanol–water partition coefficient (Wildman–Crippen LogP) is 4.07. The molecule has 3 rings (SSSR count). The Hall–Kier alpha value is -3.22. The van der Waals surface area contributed by atoms with Gasteiger partial charge in [-0.25, -0.2) is 9.59 Å². The summed E-state index contributed by atoms with van der Waals surface area (Å²) in [5.74, 6) is 0. The zero-order valence-electron chi connectivity index (χ0n) is 17.9. The van der Waals surface area contributed by atoms with E-state index in [2.05, 4.69) is 27.7 Å². The van der Waals surface area contributed by atoms with Gasteiger partial charge in [-0.3, -0.25) is 0 Å². The molecule has 0 saturated carbocycles.